The van der Waals surface area contributed by atoms with Crippen LogP contribution in [-0.4, -0.2) is 12.5 Å². The van der Waals surface area contributed by atoms with Crippen LogP contribution in [0.5, 0.6) is 0 Å². The number of carbonyl (C=O) groups excluding carboxylic acids is 1. The molecule has 0 saturated heterocycles. The molecule has 0 bridgehead atoms. The highest BCUT2D eigenvalue weighted by Gasteiger charge is 2.06. The zero-order chi connectivity index (χ0) is 14.5. The monoisotopic (exact) mass is 372 g/mol. The molecule has 6 heteroatoms. The Morgan fingerprint density at radius 3 is 2.90 bits per heavy atom. The summed E-state index contributed by atoms with van der Waals surface area (Å²) >= 11 is 11.0. The molecule has 1 aromatic carbocycles. The minimum atomic E-state index is -0.0805. The lowest BCUT2D eigenvalue weighted by atomic mass is 10.2. The highest BCUT2D eigenvalue weighted by Crippen LogP contribution is 2.22. The van der Waals surface area contributed by atoms with Gasteiger partial charge in [0.2, 0.25) is 5.91 Å². The van der Waals surface area contributed by atoms with Crippen molar-refractivity contribution >= 4 is 50.5 Å². The molecular weight excluding hydrogens is 360 g/mol. The maximum Gasteiger partial charge on any atom is 0.238 e. The highest BCUT2D eigenvalue weighted by molar-refractivity contribution is 9.10. The van der Waals surface area contributed by atoms with Gasteiger partial charge >= 0.3 is 0 Å². The summed E-state index contributed by atoms with van der Waals surface area (Å²) in [5.41, 5.74) is 1.74. The van der Waals surface area contributed by atoms with Crippen LogP contribution in [0.4, 0.5) is 5.69 Å². The van der Waals surface area contributed by atoms with Gasteiger partial charge in [0.15, 0.2) is 0 Å². The molecule has 0 atom stereocenters. The van der Waals surface area contributed by atoms with E-state index in [4.69, 9.17) is 11.6 Å². The van der Waals surface area contributed by atoms with Crippen molar-refractivity contribution in [2.24, 2.45) is 0 Å². The Labute approximate surface area is 135 Å². The quantitative estimate of drug-likeness (QED) is 0.824. The number of halogens is 2. The third kappa shape index (κ3) is 4.31. The molecular formula is C14H14BrClN2OS. The van der Waals surface area contributed by atoms with Gasteiger partial charge in [-0.1, -0.05) is 17.7 Å². The molecule has 0 radical (unpaired) electrons. The predicted molar refractivity (Wildman–Crippen MR) is 88.5 cm³/mol. The van der Waals surface area contributed by atoms with Crippen LogP contribution in [0.15, 0.2) is 34.1 Å². The molecule has 1 heterocycles. The van der Waals surface area contributed by atoms with Gasteiger partial charge in [-0.15, -0.1) is 11.3 Å². The molecule has 2 aromatic rings. The normalized spacial score (nSPS) is 10.6. The van der Waals surface area contributed by atoms with Crippen molar-refractivity contribution in [2.75, 3.05) is 11.9 Å². The van der Waals surface area contributed by atoms with Crippen LogP contribution in [0, 0.1) is 6.92 Å². The van der Waals surface area contributed by atoms with Crippen LogP contribution in [0.3, 0.4) is 0 Å². The van der Waals surface area contributed by atoms with Gasteiger partial charge < -0.3 is 10.6 Å². The molecule has 0 spiro atoms. The van der Waals surface area contributed by atoms with Gasteiger partial charge in [0.25, 0.3) is 0 Å². The van der Waals surface area contributed by atoms with Crippen LogP contribution in [0.25, 0.3) is 0 Å². The summed E-state index contributed by atoms with van der Waals surface area (Å²) in [6, 6.07) is 7.44. The smallest absolute Gasteiger partial charge is 0.238 e. The zero-order valence-corrected chi connectivity index (χ0v) is 14.0. The summed E-state index contributed by atoms with van der Waals surface area (Å²) in [6.07, 6.45) is 0. The first kappa shape index (κ1) is 15.5. The Morgan fingerprint density at radius 2 is 2.20 bits per heavy atom. The van der Waals surface area contributed by atoms with Crippen molar-refractivity contribution < 1.29 is 4.79 Å². The number of nitrogens with one attached hydrogen (secondary N) is 2. The van der Waals surface area contributed by atoms with Gasteiger partial charge in [-0.05, 0) is 52.0 Å². The second-order valence-electron chi connectivity index (χ2n) is 4.30. The molecule has 2 N–H and O–H groups in total. The van der Waals surface area contributed by atoms with Crippen LogP contribution in [0.1, 0.15) is 10.4 Å². The minimum Gasteiger partial charge on any atom is -0.325 e. The summed E-state index contributed by atoms with van der Waals surface area (Å²) in [6.45, 7) is 2.86. The molecule has 20 heavy (non-hydrogen) atoms. The maximum absolute atomic E-state index is 11.9. The first-order valence-electron chi connectivity index (χ1n) is 6.05. The lowest BCUT2D eigenvalue weighted by Gasteiger charge is -2.09. The van der Waals surface area contributed by atoms with Crippen LogP contribution < -0.4 is 10.6 Å². The van der Waals surface area contributed by atoms with Gasteiger partial charge in [-0.2, -0.15) is 0 Å². The molecule has 0 aliphatic rings. The second-order valence-corrected chi connectivity index (χ2v) is 6.59. The molecule has 2 rings (SSSR count). The third-order valence-electron chi connectivity index (χ3n) is 2.74. The average Bonchev–Trinajstić information content (AvgIpc) is 2.80. The summed E-state index contributed by atoms with van der Waals surface area (Å²) in [4.78, 5) is 13.0. The van der Waals surface area contributed by atoms with Gasteiger partial charge in [0.05, 0.1) is 6.54 Å². The van der Waals surface area contributed by atoms with Crippen molar-refractivity contribution in [3.8, 4) is 0 Å². The Kier molecular flexibility index (Phi) is 5.60. The van der Waals surface area contributed by atoms with Crippen LogP contribution in [-0.2, 0) is 11.3 Å². The zero-order valence-electron chi connectivity index (χ0n) is 10.9. The maximum atomic E-state index is 11.9. The van der Waals surface area contributed by atoms with E-state index < -0.39 is 0 Å². The van der Waals surface area contributed by atoms with E-state index in [0.717, 1.165) is 15.7 Å². The Hall–Kier alpha value is -0.880. The SMILES string of the molecule is Cc1ccc(Cl)cc1NC(=O)CNCc1sccc1Br. The number of hydrogen-bond donors (Lipinski definition) is 2. The number of aryl methyl sites for hydroxylation is 1. The average molecular weight is 374 g/mol. The number of carbonyl (C=O) groups is 1. The van der Waals surface area contributed by atoms with Crippen molar-refractivity contribution in [2.45, 2.75) is 13.5 Å². The number of benzene rings is 1. The summed E-state index contributed by atoms with van der Waals surface area (Å²) in [5, 5.41) is 8.59. The highest BCUT2D eigenvalue weighted by atomic mass is 79.9. The van der Waals surface area contributed by atoms with Crippen LogP contribution in [0.2, 0.25) is 5.02 Å². The third-order valence-corrected chi connectivity index (χ3v) is 4.90. The molecule has 1 aromatic heterocycles. The lowest BCUT2D eigenvalue weighted by molar-refractivity contribution is -0.115. The molecule has 1 amide bonds. The lowest BCUT2D eigenvalue weighted by Crippen LogP contribution is -2.27. The number of thiophene rings is 1. The van der Waals surface area contributed by atoms with Crippen molar-refractivity contribution in [3.05, 3.63) is 49.6 Å². The summed E-state index contributed by atoms with van der Waals surface area (Å²) < 4.78 is 1.07. The van der Waals surface area contributed by atoms with E-state index in [1.807, 2.05) is 24.4 Å². The van der Waals surface area contributed by atoms with E-state index in [2.05, 4.69) is 26.6 Å². The molecule has 0 fully saturated rings. The number of rotatable bonds is 5. The van der Waals surface area contributed by atoms with Gasteiger partial charge in [-0.25, -0.2) is 0 Å². The molecule has 0 saturated carbocycles. The minimum absolute atomic E-state index is 0.0805. The second kappa shape index (κ2) is 7.22. The summed E-state index contributed by atoms with van der Waals surface area (Å²) in [5.74, 6) is -0.0805. The Bertz CT molecular complexity index is 615. The largest absolute Gasteiger partial charge is 0.325 e. The van der Waals surface area contributed by atoms with E-state index >= 15 is 0 Å². The van der Waals surface area contributed by atoms with Gasteiger partial charge in [0.1, 0.15) is 0 Å². The van der Waals surface area contributed by atoms with E-state index in [-0.39, 0.29) is 12.5 Å². The van der Waals surface area contributed by atoms with E-state index in [0.29, 0.717) is 11.6 Å². The van der Waals surface area contributed by atoms with Gasteiger partial charge in [0, 0.05) is 26.6 Å². The molecule has 0 aliphatic heterocycles. The fourth-order valence-corrected chi connectivity index (χ4v) is 3.30. The van der Waals surface area contributed by atoms with Crippen molar-refractivity contribution in [3.63, 3.8) is 0 Å². The Balaban J connectivity index is 1.84. The molecule has 3 nitrogen and oxygen atoms in total. The molecule has 0 aliphatic carbocycles. The Morgan fingerprint density at radius 1 is 1.40 bits per heavy atom. The number of hydrogen-bond acceptors (Lipinski definition) is 3. The van der Waals surface area contributed by atoms with E-state index in [1.165, 1.54) is 4.88 Å². The van der Waals surface area contributed by atoms with Crippen molar-refractivity contribution in [1.82, 2.24) is 5.32 Å². The standard InChI is InChI=1S/C14H14BrClN2OS/c1-9-2-3-10(16)6-12(9)18-14(19)8-17-7-13-11(15)4-5-20-13/h2-6,17H,7-8H2,1H3,(H,18,19). The fraction of sp³-hybridized carbons (Fsp3) is 0.214. The molecule has 106 valence electrons. The first-order valence-corrected chi connectivity index (χ1v) is 8.10. The van der Waals surface area contributed by atoms with E-state index in [1.54, 1.807) is 23.5 Å². The predicted octanol–water partition coefficient (Wildman–Crippen LogP) is 4.20. The first-order chi connectivity index (χ1) is 9.56. The van der Waals surface area contributed by atoms with E-state index in [9.17, 15) is 4.79 Å². The topological polar surface area (TPSA) is 41.1 Å². The summed E-state index contributed by atoms with van der Waals surface area (Å²) in [7, 11) is 0. The van der Waals surface area contributed by atoms with Crippen LogP contribution >= 0.6 is 38.9 Å². The molecule has 0 unspecified atom stereocenters. The number of amides is 1. The van der Waals surface area contributed by atoms with Crippen molar-refractivity contribution in [1.29, 1.82) is 0 Å². The van der Waals surface area contributed by atoms with Gasteiger partial charge in [-0.3, -0.25) is 4.79 Å². The number of anilines is 1. The fourth-order valence-electron chi connectivity index (χ4n) is 1.66.